The van der Waals surface area contributed by atoms with E-state index in [4.69, 9.17) is 4.74 Å². The van der Waals surface area contributed by atoms with Crippen molar-refractivity contribution in [2.75, 3.05) is 14.2 Å². The summed E-state index contributed by atoms with van der Waals surface area (Å²) in [5.74, 6) is 1.77. The number of H-pyrrole nitrogens is 1. The van der Waals surface area contributed by atoms with E-state index in [0.29, 0.717) is 0 Å². The molecule has 108 valence electrons. The molecule has 0 bridgehead atoms. The third-order valence-electron chi connectivity index (χ3n) is 3.46. The molecule has 0 radical (unpaired) electrons. The molecule has 5 heteroatoms. The number of nitrogens with one attached hydrogen (secondary N) is 1. The lowest BCUT2D eigenvalue weighted by Gasteiger charge is -2.17. The summed E-state index contributed by atoms with van der Waals surface area (Å²) in [5.41, 5.74) is 2.14. The fourth-order valence-corrected chi connectivity index (χ4v) is 2.50. The molecule has 0 saturated heterocycles. The Kier molecular flexibility index (Phi) is 3.83. The van der Waals surface area contributed by atoms with Crippen molar-refractivity contribution < 1.29 is 4.74 Å². The zero-order valence-electron chi connectivity index (χ0n) is 12.2. The van der Waals surface area contributed by atoms with Gasteiger partial charge in [0.1, 0.15) is 17.1 Å². The number of hydrogen-bond donors (Lipinski definition) is 1. The lowest BCUT2D eigenvalue weighted by Crippen LogP contribution is -2.18. The number of aromatic amines is 1. The highest BCUT2D eigenvalue weighted by molar-refractivity contribution is 5.87. The fourth-order valence-electron chi connectivity index (χ4n) is 2.50. The van der Waals surface area contributed by atoms with Gasteiger partial charge in [-0.3, -0.25) is 9.88 Å². The molecule has 0 fully saturated rings. The van der Waals surface area contributed by atoms with Gasteiger partial charge in [-0.2, -0.15) is 0 Å². The summed E-state index contributed by atoms with van der Waals surface area (Å²) in [6.07, 6.45) is 5.41. The van der Waals surface area contributed by atoms with E-state index in [9.17, 15) is 0 Å². The van der Waals surface area contributed by atoms with E-state index in [1.54, 1.807) is 19.5 Å². The van der Waals surface area contributed by atoms with Gasteiger partial charge in [-0.1, -0.05) is 12.1 Å². The second-order valence-corrected chi connectivity index (χ2v) is 5.03. The van der Waals surface area contributed by atoms with Gasteiger partial charge in [0.25, 0.3) is 0 Å². The van der Waals surface area contributed by atoms with Gasteiger partial charge in [0.05, 0.1) is 13.7 Å². The van der Waals surface area contributed by atoms with Crippen LogP contribution >= 0.6 is 0 Å². The molecule has 1 N–H and O–H groups in total. The summed E-state index contributed by atoms with van der Waals surface area (Å²) in [7, 11) is 3.75. The predicted molar refractivity (Wildman–Crippen MR) is 82.1 cm³/mol. The molecule has 0 atom stereocenters. The summed E-state index contributed by atoms with van der Waals surface area (Å²) in [6.45, 7) is 1.60. The summed E-state index contributed by atoms with van der Waals surface area (Å²) in [4.78, 5) is 14.0. The van der Waals surface area contributed by atoms with Crippen molar-refractivity contribution in [3.8, 4) is 5.75 Å². The zero-order valence-corrected chi connectivity index (χ0v) is 12.2. The number of pyridine rings is 1. The quantitative estimate of drug-likeness (QED) is 0.781. The number of methoxy groups -OCH3 is 1. The summed E-state index contributed by atoms with van der Waals surface area (Å²) in [6, 6.07) is 8.12. The summed E-state index contributed by atoms with van der Waals surface area (Å²) >= 11 is 0. The van der Waals surface area contributed by atoms with Crippen LogP contribution in [-0.2, 0) is 13.1 Å². The van der Waals surface area contributed by atoms with E-state index in [-0.39, 0.29) is 0 Å². The number of ether oxygens (including phenoxy) is 1. The van der Waals surface area contributed by atoms with Crippen LogP contribution in [0, 0.1) is 0 Å². The van der Waals surface area contributed by atoms with Crippen molar-refractivity contribution in [1.29, 1.82) is 0 Å². The molecule has 2 aromatic heterocycles. The van der Waals surface area contributed by atoms with E-state index in [1.165, 1.54) is 5.56 Å². The minimum Gasteiger partial charge on any atom is -0.494 e. The number of benzene rings is 1. The van der Waals surface area contributed by atoms with Gasteiger partial charge in [-0.15, -0.1) is 0 Å². The van der Waals surface area contributed by atoms with Gasteiger partial charge >= 0.3 is 0 Å². The molecule has 0 unspecified atom stereocenters. The second kappa shape index (κ2) is 5.93. The number of hydrogen-bond acceptors (Lipinski definition) is 4. The van der Waals surface area contributed by atoms with E-state index in [2.05, 4.69) is 39.0 Å². The predicted octanol–water partition coefficient (Wildman–Crippen LogP) is 2.60. The number of rotatable bonds is 5. The Balaban J connectivity index is 1.87. The first-order valence-corrected chi connectivity index (χ1v) is 6.85. The maximum absolute atomic E-state index is 5.38. The van der Waals surface area contributed by atoms with Crippen molar-refractivity contribution in [3.05, 3.63) is 54.2 Å². The topological polar surface area (TPSA) is 54.0 Å². The van der Waals surface area contributed by atoms with E-state index < -0.39 is 0 Å². The minimum absolute atomic E-state index is 0.779. The molecule has 0 amide bonds. The Morgan fingerprint density at radius 1 is 1.14 bits per heavy atom. The number of aromatic nitrogens is 3. The molecule has 0 spiro atoms. The minimum atomic E-state index is 0.779. The molecular weight excluding hydrogens is 264 g/mol. The lowest BCUT2D eigenvalue weighted by atomic mass is 10.1. The Labute approximate surface area is 123 Å². The molecule has 3 aromatic rings. The van der Waals surface area contributed by atoms with Crippen LogP contribution < -0.4 is 4.74 Å². The molecule has 1 aromatic carbocycles. The van der Waals surface area contributed by atoms with Crippen LogP contribution in [0.3, 0.4) is 0 Å². The number of fused-ring (bicyclic) bond motifs is 1. The Hall–Kier alpha value is -2.40. The van der Waals surface area contributed by atoms with Crippen LogP contribution in [0.5, 0.6) is 5.75 Å². The van der Waals surface area contributed by atoms with Crippen molar-refractivity contribution in [2.45, 2.75) is 13.1 Å². The van der Waals surface area contributed by atoms with Crippen LogP contribution in [0.25, 0.3) is 10.9 Å². The van der Waals surface area contributed by atoms with Gasteiger partial charge < -0.3 is 9.72 Å². The maximum atomic E-state index is 5.38. The smallest absolute Gasteiger partial charge is 0.145 e. The normalized spacial score (nSPS) is 11.2. The fraction of sp³-hybridized carbons (Fsp3) is 0.250. The number of nitrogens with zero attached hydrogens (tertiary/aromatic N) is 3. The van der Waals surface area contributed by atoms with Crippen LogP contribution in [-0.4, -0.2) is 34.0 Å². The van der Waals surface area contributed by atoms with Crippen molar-refractivity contribution in [1.82, 2.24) is 19.9 Å². The molecule has 0 aliphatic carbocycles. The summed E-state index contributed by atoms with van der Waals surface area (Å²) in [5, 5.41) is 1.13. The summed E-state index contributed by atoms with van der Waals surface area (Å²) < 4.78 is 5.38. The van der Waals surface area contributed by atoms with Gasteiger partial charge in [0.2, 0.25) is 0 Å². The SMILES string of the molecule is COc1ccc(CN(C)Cc2ncc[nH]2)c2cccnc12. The van der Waals surface area contributed by atoms with Crippen molar-refractivity contribution in [3.63, 3.8) is 0 Å². The van der Waals surface area contributed by atoms with Gasteiger partial charge in [0, 0.05) is 30.5 Å². The van der Waals surface area contributed by atoms with E-state index in [0.717, 1.165) is 35.6 Å². The molecule has 0 saturated carbocycles. The van der Waals surface area contributed by atoms with Crippen molar-refractivity contribution in [2.24, 2.45) is 0 Å². The molecule has 3 rings (SSSR count). The Morgan fingerprint density at radius 3 is 2.81 bits per heavy atom. The highest BCUT2D eigenvalue weighted by atomic mass is 16.5. The molecule has 5 nitrogen and oxygen atoms in total. The Morgan fingerprint density at radius 2 is 2.05 bits per heavy atom. The second-order valence-electron chi connectivity index (χ2n) is 5.03. The van der Waals surface area contributed by atoms with Crippen molar-refractivity contribution >= 4 is 10.9 Å². The third-order valence-corrected chi connectivity index (χ3v) is 3.46. The Bertz CT molecular complexity index is 724. The molecule has 0 aliphatic rings. The molecule has 0 aliphatic heterocycles. The third kappa shape index (κ3) is 2.87. The van der Waals surface area contributed by atoms with Gasteiger partial charge in [0.15, 0.2) is 0 Å². The van der Waals surface area contributed by atoms with Crippen LogP contribution in [0.4, 0.5) is 0 Å². The van der Waals surface area contributed by atoms with Gasteiger partial charge in [-0.25, -0.2) is 4.98 Å². The van der Waals surface area contributed by atoms with Gasteiger partial charge in [-0.05, 0) is 24.7 Å². The van der Waals surface area contributed by atoms with Crippen LogP contribution in [0.2, 0.25) is 0 Å². The first-order valence-electron chi connectivity index (χ1n) is 6.85. The average molecular weight is 282 g/mol. The van der Waals surface area contributed by atoms with E-state index in [1.807, 2.05) is 18.3 Å². The first kappa shape index (κ1) is 13.6. The standard InChI is InChI=1S/C16H18N4O/c1-20(11-15-17-8-9-18-15)10-12-5-6-14(21-2)16-13(12)4-3-7-19-16/h3-9H,10-11H2,1-2H3,(H,17,18). The van der Waals surface area contributed by atoms with E-state index >= 15 is 0 Å². The molecular formula is C16H18N4O. The monoisotopic (exact) mass is 282 g/mol. The largest absolute Gasteiger partial charge is 0.494 e. The lowest BCUT2D eigenvalue weighted by molar-refractivity contribution is 0.312. The van der Waals surface area contributed by atoms with Crippen LogP contribution in [0.15, 0.2) is 42.9 Å². The molecule has 21 heavy (non-hydrogen) atoms. The zero-order chi connectivity index (χ0) is 14.7. The maximum Gasteiger partial charge on any atom is 0.145 e. The first-order chi connectivity index (χ1) is 10.3. The highest BCUT2D eigenvalue weighted by Crippen LogP contribution is 2.27. The van der Waals surface area contributed by atoms with Crippen LogP contribution in [0.1, 0.15) is 11.4 Å². The highest BCUT2D eigenvalue weighted by Gasteiger charge is 2.10. The molecule has 2 heterocycles. The average Bonchev–Trinajstić information content (AvgIpc) is 3.00. The number of imidazole rings is 1.